The van der Waals surface area contributed by atoms with Crippen molar-refractivity contribution in [3.05, 3.63) is 76.7 Å². The monoisotopic (exact) mass is 429 g/mol. The van der Waals surface area contributed by atoms with Gasteiger partial charge in [-0.3, -0.25) is 18.7 Å². The second-order valence-electron chi connectivity index (χ2n) is 8.06. The lowest BCUT2D eigenvalue weighted by Crippen LogP contribution is -2.24. The second kappa shape index (κ2) is 8.15. The summed E-state index contributed by atoms with van der Waals surface area (Å²) in [4.78, 5) is 17.9. The number of hydrogen-bond acceptors (Lipinski definition) is 5. The molecule has 0 saturated heterocycles. The van der Waals surface area contributed by atoms with Crippen molar-refractivity contribution >= 4 is 39.3 Å². The molecule has 5 rings (SSSR count). The van der Waals surface area contributed by atoms with E-state index in [1.807, 2.05) is 46.9 Å². The lowest BCUT2D eigenvalue weighted by molar-refractivity contribution is 0.512. The number of benzene rings is 2. The van der Waals surface area contributed by atoms with Crippen LogP contribution in [0.1, 0.15) is 26.0 Å². The number of para-hydroxylation sites is 2. The summed E-state index contributed by atoms with van der Waals surface area (Å²) < 4.78 is 3.76. The second-order valence-corrected chi connectivity index (χ2v) is 9.00. The van der Waals surface area contributed by atoms with E-state index in [4.69, 9.17) is 4.98 Å². The molecular formula is C24H23N5OS. The van der Waals surface area contributed by atoms with Gasteiger partial charge < -0.3 is 0 Å². The average molecular weight is 430 g/mol. The van der Waals surface area contributed by atoms with Crippen molar-refractivity contribution in [1.29, 1.82) is 0 Å². The lowest BCUT2D eigenvalue weighted by Gasteiger charge is -2.12. The van der Waals surface area contributed by atoms with Gasteiger partial charge in [-0.25, -0.2) is 0 Å². The molecule has 156 valence electrons. The largest absolute Gasteiger partial charge is 0.276 e. The highest BCUT2D eigenvalue weighted by Crippen LogP contribution is 2.25. The first-order valence-corrected chi connectivity index (χ1v) is 11.4. The van der Waals surface area contributed by atoms with E-state index in [0.717, 1.165) is 33.7 Å². The number of hydrogen-bond donors (Lipinski definition) is 0. The number of aromatic nitrogens is 5. The molecule has 0 N–H and O–H groups in total. The maximum atomic E-state index is 13.1. The van der Waals surface area contributed by atoms with Crippen LogP contribution in [0.4, 0.5) is 0 Å². The molecule has 0 aliphatic rings. The Morgan fingerprint density at radius 3 is 2.65 bits per heavy atom. The predicted octanol–water partition coefficient (Wildman–Crippen LogP) is 4.93. The van der Waals surface area contributed by atoms with Gasteiger partial charge in [0.05, 0.1) is 22.1 Å². The van der Waals surface area contributed by atoms with Crippen LogP contribution in [0.15, 0.2) is 70.6 Å². The first-order valence-electron chi connectivity index (χ1n) is 10.5. The SMILES string of the molecule is CC(C)CCn1c(=O)c2ccccc2n2c(SCc3ccc4ccccc4n3)nnc12. The molecule has 0 radical (unpaired) electrons. The van der Waals surface area contributed by atoms with Crippen molar-refractivity contribution < 1.29 is 0 Å². The van der Waals surface area contributed by atoms with Gasteiger partial charge in [0.2, 0.25) is 5.78 Å². The van der Waals surface area contributed by atoms with Crippen molar-refractivity contribution in [1.82, 2.24) is 24.1 Å². The molecule has 0 amide bonds. The third-order valence-corrected chi connectivity index (χ3v) is 6.38. The van der Waals surface area contributed by atoms with Crippen LogP contribution < -0.4 is 5.56 Å². The summed E-state index contributed by atoms with van der Waals surface area (Å²) in [5, 5.41) is 11.4. The first-order chi connectivity index (χ1) is 15.1. The van der Waals surface area contributed by atoms with Gasteiger partial charge in [-0.2, -0.15) is 0 Å². The minimum Gasteiger partial charge on any atom is -0.276 e. The first kappa shape index (κ1) is 19.8. The van der Waals surface area contributed by atoms with Gasteiger partial charge in [0.25, 0.3) is 5.56 Å². The number of thioether (sulfide) groups is 1. The van der Waals surface area contributed by atoms with E-state index in [2.05, 4.69) is 42.2 Å². The molecule has 5 aromatic rings. The molecule has 7 heteroatoms. The zero-order chi connectivity index (χ0) is 21.4. The van der Waals surface area contributed by atoms with Crippen LogP contribution >= 0.6 is 11.8 Å². The van der Waals surface area contributed by atoms with E-state index in [9.17, 15) is 4.79 Å². The van der Waals surface area contributed by atoms with Gasteiger partial charge in [-0.1, -0.05) is 62.0 Å². The maximum absolute atomic E-state index is 13.1. The Bertz CT molecular complexity index is 1450. The number of pyridine rings is 1. The molecule has 0 aliphatic heterocycles. The van der Waals surface area contributed by atoms with Crippen molar-refractivity contribution in [2.24, 2.45) is 5.92 Å². The summed E-state index contributed by atoms with van der Waals surface area (Å²) in [5.41, 5.74) is 2.80. The molecule has 6 nitrogen and oxygen atoms in total. The van der Waals surface area contributed by atoms with Crippen molar-refractivity contribution in [2.75, 3.05) is 0 Å². The number of fused-ring (bicyclic) bond motifs is 4. The summed E-state index contributed by atoms with van der Waals surface area (Å²) in [6, 6.07) is 19.9. The fraction of sp³-hybridized carbons (Fsp3) is 0.250. The molecule has 0 spiro atoms. The van der Waals surface area contributed by atoms with E-state index in [1.165, 1.54) is 0 Å². The fourth-order valence-corrected chi connectivity index (χ4v) is 4.59. The zero-order valence-electron chi connectivity index (χ0n) is 17.5. The maximum Gasteiger partial charge on any atom is 0.262 e. The van der Waals surface area contributed by atoms with Crippen LogP contribution in [0.2, 0.25) is 0 Å². The minimum atomic E-state index is -0.0103. The molecule has 0 fully saturated rings. The molecule has 3 heterocycles. The number of nitrogens with zero attached hydrogens (tertiary/aromatic N) is 5. The van der Waals surface area contributed by atoms with Crippen LogP contribution in [0.3, 0.4) is 0 Å². The summed E-state index contributed by atoms with van der Waals surface area (Å²) in [6.45, 7) is 4.94. The van der Waals surface area contributed by atoms with Crippen LogP contribution in [-0.4, -0.2) is 24.1 Å². The van der Waals surface area contributed by atoms with Gasteiger partial charge >= 0.3 is 0 Å². The van der Waals surface area contributed by atoms with Gasteiger partial charge in [0.1, 0.15) is 0 Å². The zero-order valence-corrected chi connectivity index (χ0v) is 18.3. The quantitative estimate of drug-likeness (QED) is 0.358. The van der Waals surface area contributed by atoms with Crippen LogP contribution in [0.5, 0.6) is 0 Å². The van der Waals surface area contributed by atoms with E-state index < -0.39 is 0 Å². The van der Waals surface area contributed by atoms with E-state index in [1.54, 1.807) is 16.3 Å². The van der Waals surface area contributed by atoms with Crippen LogP contribution in [-0.2, 0) is 12.3 Å². The molecule has 0 atom stereocenters. The summed E-state index contributed by atoms with van der Waals surface area (Å²) in [6.07, 6.45) is 0.907. The van der Waals surface area contributed by atoms with Gasteiger partial charge in [0.15, 0.2) is 5.16 Å². The van der Waals surface area contributed by atoms with Crippen molar-refractivity contribution in [3.63, 3.8) is 0 Å². The van der Waals surface area contributed by atoms with Gasteiger partial charge in [0, 0.05) is 17.7 Å². The Morgan fingerprint density at radius 1 is 0.968 bits per heavy atom. The molecule has 2 aromatic carbocycles. The van der Waals surface area contributed by atoms with Crippen LogP contribution in [0, 0.1) is 5.92 Å². The molecule has 3 aromatic heterocycles. The number of rotatable bonds is 6. The topological polar surface area (TPSA) is 65.1 Å². The Morgan fingerprint density at radius 2 is 1.77 bits per heavy atom. The lowest BCUT2D eigenvalue weighted by atomic mass is 10.1. The third-order valence-electron chi connectivity index (χ3n) is 5.41. The van der Waals surface area contributed by atoms with Crippen molar-refractivity contribution in [3.8, 4) is 0 Å². The molecule has 0 unspecified atom stereocenters. The Hall–Kier alpha value is -3.19. The summed E-state index contributed by atoms with van der Waals surface area (Å²) in [5.74, 6) is 1.76. The van der Waals surface area contributed by atoms with E-state index in [-0.39, 0.29) is 5.56 Å². The molecule has 31 heavy (non-hydrogen) atoms. The molecule has 0 bridgehead atoms. The van der Waals surface area contributed by atoms with Crippen molar-refractivity contribution in [2.45, 2.75) is 37.7 Å². The highest BCUT2D eigenvalue weighted by atomic mass is 32.2. The standard InChI is InChI=1S/C24H23N5OS/c1-16(2)13-14-28-22(30)19-8-4-6-10-21(19)29-23(28)26-27-24(29)31-15-18-12-11-17-7-3-5-9-20(17)25-18/h3-12,16H,13-15H2,1-2H3. The highest BCUT2D eigenvalue weighted by molar-refractivity contribution is 7.98. The molecule has 0 saturated carbocycles. The highest BCUT2D eigenvalue weighted by Gasteiger charge is 2.17. The fourth-order valence-electron chi connectivity index (χ4n) is 3.74. The Balaban J connectivity index is 1.56. The van der Waals surface area contributed by atoms with E-state index >= 15 is 0 Å². The summed E-state index contributed by atoms with van der Waals surface area (Å²) >= 11 is 1.58. The predicted molar refractivity (Wildman–Crippen MR) is 126 cm³/mol. The Labute approximate surface area is 184 Å². The average Bonchev–Trinajstić information content (AvgIpc) is 3.21. The normalized spacial score (nSPS) is 11.8. The third kappa shape index (κ3) is 3.70. The van der Waals surface area contributed by atoms with E-state index in [0.29, 0.717) is 29.4 Å². The van der Waals surface area contributed by atoms with Crippen LogP contribution in [0.25, 0.3) is 27.6 Å². The minimum absolute atomic E-state index is 0.0103. The van der Waals surface area contributed by atoms with Gasteiger partial charge in [-0.15, -0.1) is 10.2 Å². The number of aryl methyl sites for hydroxylation is 1. The smallest absolute Gasteiger partial charge is 0.262 e. The van der Waals surface area contributed by atoms with Gasteiger partial charge in [-0.05, 0) is 36.6 Å². The molecular weight excluding hydrogens is 406 g/mol. The summed E-state index contributed by atoms with van der Waals surface area (Å²) in [7, 11) is 0. The Kier molecular flexibility index (Phi) is 5.19. The molecule has 0 aliphatic carbocycles.